The van der Waals surface area contributed by atoms with Gasteiger partial charge in [0.25, 0.3) is 0 Å². The largest absolute Gasteiger partial charge is 0.507 e. The number of fused-ring (bicyclic) bond motifs is 2. The Labute approximate surface area is 222 Å². The third kappa shape index (κ3) is 5.32. The normalized spacial score (nSPS) is 12.2. The topological polar surface area (TPSA) is 113 Å². The second-order valence-electron chi connectivity index (χ2n) is 9.19. The van der Waals surface area contributed by atoms with E-state index in [-0.39, 0.29) is 17.9 Å². The zero-order chi connectivity index (χ0) is 28.3. The molecule has 3 N–H and O–H groups in total. The first kappa shape index (κ1) is 27.7. The Hall–Kier alpha value is -4.34. The van der Waals surface area contributed by atoms with Crippen LogP contribution in [0, 0.1) is 17.5 Å². The van der Waals surface area contributed by atoms with Crippen molar-refractivity contribution in [2.24, 2.45) is 0 Å². The molecule has 1 aliphatic rings. The molecule has 0 fully saturated rings. The lowest BCUT2D eigenvalue weighted by Crippen LogP contribution is -2.26. The maximum absolute atomic E-state index is 15.5. The van der Waals surface area contributed by atoms with Gasteiger partial charge in [-0.25, -0.2) is 18.0 Å². The van der Waals surface area contributed by atoms with Crippen molar-refractivity contribution in [1.82, 2.24) is 0 Å². The number of benzene rings is 3. The van der Waals surface area contributed by atoms with Crippen molar-refractivity contribution >= 4 is 28.9 Å². The van der Waals surface area contributed by atoms with Crippen molar-refractivity contribution in [2.45, 2.75) is 45.4 Å². The number of phenols is 2. The SMILES string of the molecule is CCCCCCCCOC(=O)c1cccc(Nc2c(F)c(F)c3c(c2F)C(=O)c2c(O)ccc(O)c2C3=O)c1. The second kappa shape index (κ2) is 11.6. The minimum Gasteiger partial charge on any atom is -0.507 e. The number of phenolic OH excluding ortho intramolecular Hbond substituents is 2. The Morgan fingerprint density at radius 2 is 1.38 bits per heavy atom. The lowest BCUT2D eigenvalue weighted by Gasteiger charge is -2.22. The summed E-state index contributed by atoms with van der Waals surface area (Å²) in [6.07, 6.45) is 6.05. The number of unbranched alkanes of at least 4 members (excludes halogenated alkanes) is 5. The third-order valence-corrected chi connectivity index (χ3v) is 6.49. The minimum atomic E-state index is -1.81. The van der Waals surface area contributed by atoms with E-state index < -0.39 is 74.4 Å². The highest BCUT2D eigenvalue weighted by atomic mass is 19.2. The van der Waals surface area contributed by atoms with Gasteiger partial charge in [-0.1, -0.05) is 45.1 Å². The molecule has 3 aromatic rings. The molecule has 4 rings (SSSR count). The number of hydrogen-bond acceptors (Lipinski definition) is 7. The molecule has 39 heavy (non-hydrogen) atoms. The standard InChI is InChI=1S/C29H26F3NO6/c1-2-3-4-5-6-7-13-39-29(38)15-9-8-10-16(14-15)33-26-24(31)22-21(23(30)25(26)32)27(36)19-17(34)11-12-18(35)20(19)28(22)37/h8-12,14,33-35H,2-7,13H2,1H3. The van der Waals surface area contributed by atoms with Crippen molar-refractivity contribution in [3.8, 4) is 11.5 Å². The van der Waals surface area contributed by atoms with Gasteiger partial charge in [-0.3, -0.25) is 9.59 Å². The van der Waals surface area contributed by atoms with Crippen LogP contribution in [0.15, 0.2) is 36.4 Å². The molecule has 0 amide bonds. The number of anilines is 2. The van der Waals surface area contributed by atoms with Gasteiger partial charge in [0.15, 0.2) is 17.5 Å². The highest BCUT2D eigenvalue weighted by molar-refractivity contribution is 6.30. The van der Waals surface area contributed by atoms with E-state index in [0.29, 0.717) is 6.42 Å². The van der Waals surface area contributed by atoms with Gasteiger partial charge in [-0.05, 0) is 36.8 Å². The van der Waals surface area contributed by atoms with Crippen LogP contribution in [-0.4, -0.2) is 34.4 Å². The van der Waals surface area contributed by atoms with Crippen molar-refractivity contribution < 1.29 is 42.5 Å². The maximum Gasteiger partial charge on any atom is 0.338 e. The summed E-state index contributed by atoms with van der Waals surface area (Å²) in [4.78, 5) is 38.3. The fourth-order valence-electron chi connectivity index (χ4n) is 4.49. The summed E-state index contributed by atoms with van der Waals surface area (Å²) in [5.41, 5.74) is -4.78. The predicted octanol–water partition coefficient (Wildman–Crippen LogP) is 6.55. The molecule has 0 saturated heterocycles. The van der Waals surface area contributed by atoms with Gasteiger partial charge in [-0.2, -0.15) is 0 Å². The zero-order valence-corrected chi connectivity index (χ0v) is 21.1. The summed E-state index contributed by atoms with van der Waals surface area (Å²) in [7, 11) is 0. The first-order valence-electron chi connectivity index (χ1n) is 12.6. The Morgan fingerprint density at radius 3 is 2.03 bits per heavy atom. The van der Waals surface area contributed by atoms with Crippen LogP contribution in [0.4, 0.5) is 24.5 Å². The number of rotatable bonds is 10. The molecule has 204 valence electrons. The van der Waals surface area contributed by atoms with Crippen LogP contribution in [0.1, 0.15) is 87.6 Å². The van der Waals surface area contributed by atoms with Crippen LogP contribution < -0.4 is 5.32 Å². The fraction of sp³-hybridized carbons (Fsp3) is 0.276. The molecular formula is C29H26F3NO6. The summed E-state index contributed by atoms with van der Waals surface area (Å²) in [6.45, 7) is 2.33. The highest BCUT2D eigenvalue weighted by Crippen LogP contribution is 2.42. The summed E-state index contributed by atoms with van der Waals surface area (Å²) in [5.74, 6) is -9.98. The fourth-order valence-corrected chi connectivity index (χ4v) is 4.49. The molecular weight excluding hydrogens is 515 g/mol. The van der Waals surface area contributed by atoms with Crippen LogP contribution in [0.3, 0.4) is 0 Å². The second-order valence-corrected chi connectivity index (χ2v) is 9.19. The molecule has 0 saturated carbocycles. The molecule has 0 atom stereocenters. The van der Waals surface area contributed by atoms with Gasteiger partial charge in [0, 0.05) is 5.69 Å². The number of aromatic hydroxyl groups is 2. The van der Waals surface area contributed by atoms with Crippen molar-refractivity contribution in [1.29, 1.82) is 0 Å². The summed E-state index contributed by atoms with van der Waals surface area (Å²) in [5, 5.41) is 22.4. The first-order valence-corrected chi connectivity index (χ1v) is 12.6. The molecule has 0 spiro atoms. The average Bonchev–Trinajstić information content (AvgIpc) is 2.92. The summed E-state index contributed by atoms with van der Waals surface area (Å²) < 4.78 is 50.9. The molecule has 0 radical (unpaired) electrons. The molecule has 10 heteroatoms. The Morgan fingerprint density at radius 1 is 0.795 bits per heavy atom. The van der Waals surface area contributed by atoms with Crippen LogP contribution in [-0.2, 0) is 4.74 Å². The summed E-state index contributed by atoms with van der Waals surface area (Å²) >= 11 is 0. The first-order chi connectivity index (χ1) is 18.7. The van der Waals surface area contributed by atoms with E-state index in [1.54, 1.807) is 0 Å². The third-order valence-electron chi connectivity index (χ3n) is 6.49. The Balaban J connectivity index is 1.59. The number of ketones is 2. The molecule has 0 aliphatic heterocycles. The Bertz CT molecular complexity index is 1470. The average molecular weight is 542 g/mol. The number of ether oxygens (including phenoxy) is 1. The smallest absolute Gasteiger partial charge is 0.338 e. The highest BCUT2D eigenvalue weighted by Gasteiger charge is 2.41. The van der Waals surface area contributed by atoms with E-state index in [0.717, 1.165) is 44.2 Å². The molecule has 3 aromatic carbocycles. The lowest BCUT2D eigenvalue weighted by molar-refractivity contribution is 0.0497. The predicted molar refractivity (Wildman–Crippen MR) is 136 cm³/mol. The van der Waals surface area contributed by atoms with E-state index in [9.17, 15) is 24.6 Å². The monoisotopic (exact) mass is 541 g/mol. The van der Waals surface area contributed by atoms with Crippen LogP contribution in [0.25, 0.3) is 0 Å². The summed E-state index contributed by atoms with van der Waals surface area (Å²) in [6, 6.07) is 7.26. The number of hydrogen-bond donors (Lipinski definition) is 3. The van der Waals surface area contributed by atoms with Crippen molar-refractivity contribution in [2.75, 3.05) is 11.9 Å². The van der Waals surface area contributed by atoms with Gasteiger partial charge < -0.3 is 20.3 Å². The number of carbonyl (C=O) groups is 3. The lowest BCUT2D eigenvalue weighted by atomic mass is 9.82. The quantitative estimate of drug-likeness (QED) is 0.0903. The minimum absolute atomic E-state index is 0.0170. The number of nitrogens with one attached hydrogen (secondary N) is 1. The van der Waals surface area contributed by atoms with Crippen LogP contribution in [0.2, 0.25) is 0 Å². The molecule has 7 nitrogen and oxygen atoms in total. The Kier molecular flexibility index (Phi) is 8.23. The van der Waals surface area contributed by atoms with Crippen LogP contribution >= 0.6 is 0 Å². The van der Waals surface area contributed by atoms with Gasteiger partial charge in [0.05, 0.1) is 34.4 Å². The number of halogens is 3. The van der Waals surface area contributed by atoms with E-state index >= 15 is 13.2 Å². The molecule has 1 aliphatic carbocycles. The number of esters is 1. The molecule has 0 aromatic heterocycles. The van der Waals surface area contributed by atoms with Gasteiger partial charge >= 0.3 is 5.97 Å². The van der Waals surface area contributed by atoms with Crippen molar-refractivity contribution in [3.63, 3.8) is 0 Å². The van der Waals surface area contributed by atoms with Crippen LogP contribution in [0.5, 0.6) is 11.5 Å². The van der Waals surface area contributed by atoms with E-state index in [1.807, 2.05) is 0 Å². The van der Waals surface area contributed by atoms with Gasteiger partial charge in [0.1, 0.15) is 17.2 Å². The van der Waals surface area contributed by atoms with Crippen molar-refractivity contribution in [3.05, 3.63) is 81.7 Å². The molecule has 0 bridgehead atoms. The maximum atomic E-state index is 15.5. The molecule has 0 unspecified atom stereocenters. The molecule has 0 heterocycles. The van der Waals surface area contributed by atoms with Gasteiger partial charge in [0.2, 0.25) is 11.6 Å². The zero-order valence-electron chi connectivity index (χ0n) is 21.1. The van der Waals surface area contributed by atoms with E-state index in [1.165, 1.54) is 24.3 Å². The van der Waals surface area contributed by atoms with E-state index in [2.05, 4.69) is 12.2 Å². The van der Waals surface area contributed by atoms with Gasteiger partial charge in [-0.15, -0.1) is 0 Å². The van der Waals surface area contributed by atoms with E-state index in [4.69, 9.17) is 4.74 Å². The number of carbonyl (C=O) groups excluding carboxylic acids is 3.